The van der Waals surface area contributed by atoms with Crippen LogP contribution in [-0.4, -0.2) is 33.5 Å². The second-order valence-corrected chi connectivity index (χ2v) is 5.19. The highest BCUT2D eigenvalue weighted by Gasteiger charge is 2.19. The molecule has 3 rings (SSSR count). The number of ether oxygens (including phenoxy) is 1. The lowest BCUT2D eigenvalue weighted by Gasteiger charge is -2.04. The third-order valence-electron chi connectivity index (χ3n) is 3.34. The van der Waals surface area contributed by atoms with Gasteiger partial charge < -0.3 is 14.5 Å². The molecule has 1 amide bonds. The summed E-state index contributed by atoms with van der Waals surface area (Å²) in [4.78, 5) is 25.2. The lowest BCUT2D eigenvalue weighted by atomic mass is 10.3. The third-order valence-corrected chi connectivity index (χ3v) is 3.34. The fourth-order valence-electron chi connectivity index (χ4n) is 2.09. The SMILES string of the molecule is Cc1nn(-c2ccccc2)nc1C(=O)OCC(=O)NCc1ccco1. The number of para-hydroxylation sites is 1. The molecule has 3 aromatic rings. The number of carbonyl (C=O) groups excluding carboxylic acids is 2. The number of rotatable bonds is 6. The second kappa shape index (κ2) is 7.43. The van der Waals surface area contributed by atoms with Crippen molar-refractivity contribution in [3.8, 4) is 5.69 Å². The minimum Gasteiger partial charge on any atom is -0.467 e. The topological polar surface area (TPSA) is 99.3 Å². The summed E-state index contributed by atoms with van der Waals surface area (Å²) in [5.41, 5.74) is 1.22. The number of aromatic nitrogens is 3. The molecule has 8 nitrogen and oxygen atoms in total. The quantitative estimate of drug-likeness (QED) is 0.685. The molecule has 0 atom stereocenters. The molecule has 0 saturated heterocycles. The number of nitrogens with one attached hydrogen (secondary N) is 1. The van der Waals surface area contributed by atoms with Gasteiger partial charge >= 0.3 is 5.97 Å². The fourth-order valence-corrected chi connectivity index (χ4v) is 2.09. The Bertz CT molecular complexity index is 856. The molecule has 0 aliphatic carbocycles. The number of esters is 1. The van der Waals surface area contributed by atoms with Gasteiger partial charge in [-0.2, -0.15) is 9.90 Å². The lowest BCUT2D eigenvalue weighted by Crippen LogP contribution is -2.28. The van der Waals surface area contributed by atoms with Crippen LogP contribution < -0.4 is 5.32 Å². The zero-order valence-corrected chi connectivity index (χ0v) is 13.5. The number of hydrogen-bond donors (Lipinski definition) is 1. The molecule has 2 heterocycles. The average Bonchev–Trinajstić information content (AvgIpc) is 3.28. The molecular formula is C17H16N4O4. The van der Waals surface area contributed by atoms with Gasteiger partial charge in [0.15, 0.2) is 12.3 Å². The van der Waals surface area contributed by atoms with Crippen LogP contribution in [0.3, 0.4) is 0 Å². The van der Waals surface area contributed by atoms with E-state index in [1.807, 2.05) is 30.3 Å². The maximum absolute atomic E-state index is 12.1. The van der Waals surface area contributed by atoms with Crippen molar-refractivity contribution in [2.24, 2.45) is 0 Å². The number of carbonyl (C=O) groups is 2. The van der Waals surface area contributed by atoms with Crippen molar-refractivity contribution in [2.45, 2.75) is 13.5 Å². The van der Waals surface area contributed by atoms with Crippen LogP contribution >= 0.6 is 0 Å². The van der Waals surface area contributed by atoms with E-state index in [1.54, 1.807) is 19.1 Å². The summed E-state index contributed by atoms with van der Waals surface area (Å²) >= 11 is 0. The predicted octanol–water partition coefficient (Wildman–Crippen LogP) is 1.64. The molecule has 0 bridgehead atoms. The standard InChI is InChI=1S/C17H16N4O4/c1-12-16(20-21(19-12)13-6-3-2-4-7-13)17(23)25-11-15(22)18-10-14-8-5-9-24-14/h2-9H,10-11H2,1H3,(H,18,22). The van der Waals surface area contributed by atoms with Gasteiger partial charge in [-0.1, -0.05) is 18.2 Å². The van der Waals surface area contributed by atoms with E-state index in [4.69, 9.17) is 9.15 Å². The van der Waals surface area contributed by atoms with Crippen LogP contribution in [0.25, 0.3) is 5.69 Å². The van der Waals surface area contributed by atoms with Crippen molar-refractivity contribution in [1.82, 2.24) is 20.3 Å². The normalized spacial score (nSPS) is 10.4. The minimum atomic E-state index is -0.701. The number of aryl methyl sites for hydroxylation is 1. The molecule has 25 heavy (non-hydrogen) atoms. The third kappa shape index (κ3) is 4.11. The Morgan fingerprint density at radius 2 is 1.96 bits per heavy atom. The number of hydrogen-bond acceptors (Lipinski definition) is 6. The van der Waals surface area contributed by atoms with Gasteiger partial charge in [0.1, 0.15) is 5.76 Å². The average molecular weight is 340 g/mol. The number of nitrogens with zero attached hydrogens (tertiary/aromatic N) is 3. The van der Waals surface area contributed by atoms with Crippen molar-refractivity contribution >= 4 is 11.9 Å². The van der Waals surface area contributed by atoms with Gasteiger partial charge in [-0.15, -0.1) is 5.10 Å². The summed E-state index contributed by atoms with van der Waals surface area (Å²) in [5.74, 6) is -0.521. The maximum Gasteiger partial charge on any atom is 0.361 e. The van der Waals surface area contributed by atoms with Gasteiger partial charge in [0.05, 0.1) is 24.2 Å². The summed E-state index contributed by atoms with van der Waals surface area (Å²) in [6, 6.07) is 12.6. The van der Waals surface area contributed by atoms with E-state index in [9.17, 15) is 9.59 Å². The first-order valence-electron chi connectivity index (χ1n) is 7.59. The van der Waals surface area contributed by atoms with E-state index in [2.05, 4.69) is 15.5 Å². The Labute approximate surface area is 143 Å². The molecule has 0 saturated carbocycles. The molecule has 0 spiro atoms. The Morgan fingerprint density at radius 3 is 2.68 bits per heavy atom. The number of benzene rings is 1. The fraction of sp³-hybridized carbons (Fsp3) is 0.176. The van der Waals surface area contributed by atoms with Gasteiger partial charge in [-0.3, -0.25) is 4.79 Å². The molecular weight excluding hydrogens is 324 g/mol. The number of furan rings is 1. The lowest BCUT2D eigenvalue weighted by molar-refractivity contribution is -0.124. The van der Waals surface area contributed by atoms with Crippen molar-refractivity contribution in [2.75, 3.05) is 6.61 Å². The first-order valence-corrected chi connectivity index (χ1v) is 7.59. The van der Waals surface area contributed by atoms with Crippen molar-refractivity contribution in [3.05, 3.63) is 65.9 Å². The van der Waals surface area contributed by atoms with E-state index in [0.29, 0.717) is 11.5 Å². The summed E-state index contributed by atoms with van der Waals surface area (Å²) in [6.45, 7) is 1.48. The van der Waals surface area contributed by atoms with Crippen molar-refractivity contribution < 1.29 is 18.7 Å². The minimum absolute atomic E-state index is 0.0719. The van der Waals surface area contributed by atoms with Crippen LogP contribution in [0.1, 0.15) is 21.9 Å². The Kier molecular flexibility index (Phi) is 4.89. The number of amides is 1. The smallest absolute Gasteiger partial charge is 0.361 e. The Balaban J connectivity index is 1.56. The molecule has 0 fully saturated rings. The first kappa shape index (κ1) is 16.4. The van der Waals surface area contributed by atoms with Crippen LogP contribution in [0.4, 0.5) is 0 Å². The summed E-state index contributed by atoms with van der Waals surface area (Å²) in [6.07, 6.45) is 1.51. The van der Waals surface area contributed by atoms with Gasteiger partial charge in [-0.05, 0) is 31.2 Å². The molecule has 1 aromatic carbocycles. The van der Waals surface area contributed by atoms with E-state index < -0.39 is 18.5 Å². The van der Waals surface area contributed by atoms with Crippen LogP contribution in [-0.2, 0) is 16.1 Å². The monoisotopic (exact) mass is 340 g/mol. The summed E-state index contributed by atoms with van der Waals surface area (Å²) in [5, 5.41) is 10.9. The van der Waals surface area contributed by atoms with E-state index in [1.165, 1.54) is 11.1 Å². The maximum atomic E-state index is 12.1. The molecule has 0 aliphatic heterocycles. The van der Waals surface area contributed by atoms with Gasteiger partial charge in [0.2, 0.25) is 0 Å². The molecule has 128 valence electrons. The highest BCUT2D eigenvalue weighted by atomic mass is 16.5. The molecule has 8 heteroatoms. The zero-order chi connectivity index (χ0) is 17.6. The molecule has 0 radical (unpaired) electrons. The predicted molar refractivity (Wildman–Crippen MR) is 86.9 cm³/mol. The van der Waals surface area contributed by atoms with Crippen LogP contribution in [0, 0.1) is 6.92 Å². The van der Waals surface area contributed by atoms with E-state index in [-0.39, 0.29) is 12.2 Å². The Hall–Kier alpha value is -3.42. The molecule has 0 unspecified atom stereocenters. The van der Waals surface area contributed by atoms with Gasteiger partial charge in [-0.25, -0.2) is 4.79 Å². The highest BCUT2D eigenvalue weighted by molar-refractivity contribution is 5.90. The van der Waals surface area contributed by atoms with Crippen molar-refractivity contribution in [1.29, 1.82) is 0 Å². The van der Waals surface area contributed by atoms with Crippen LogP contribution in [0.15, 0.2) is 53.1 Å². The first-order chi connectivity index (χ1) is 12.1. The largest absolute Gasteiger partial charge is 0.467 e. The molecule has 1 N–H and O–H groups in total. The summed E-state index contributed by atoms with van der Waals surface area (Å²) < 4.78 is 10.1. The molecule has 2 aromatic heterocycles. The van der Waals surface area contributed by atoms with Gasteiger partial charge in [0.25, 0.3) is 5.91 Å². The van der Waals surface area contributed by atoms with Crippen LogP contribution in [0.5, 0.6) is 0 Å². The molecule has 0 aliphatic rings. The summed E-state index contributed by atoms with van der Waals surface area (Å²) in [7, 11) is 0. The highest BCUT2D eigenvalue weighted by Crippen LogP contribution is 2.09. The van der Waals surface area contributed by atoms with E-state index in [0.717, 1.165) is 5.69 Å². The van der Waals surface area contributed by atoms with Crippen LogP contribution in [0.2, 0.25) is 0 Å². The van der Waals surface area contributed by atoms with Gasteiger partial charge in [0, 0.05) is 0 Å². The van der Waals surface area contributed by atoms with Crippen molar-refractivity contribution in [3.63, 3.8) is 0 Å². The van der Waals surface area contributed by atoms with E-state index >= 15 is 0 Å². The second-order valence-electron chi connectivity index (χ2n) is 5.19. The zero-order valence-electron chi connectivity index (χ0n) is 13.5. The Morgan fingerprint density at radius 1 is 1.16 bits per heavy atom.